The van der Waals surface area contributed by atoms with Gasteiger partial charge in [0.2, 0.25) is 0 Å². The molecule has 0 bridgehead atoms. The van der Waals surface area contributed by atoms with Crippen LogP contribution < -0.4 is 0 Å². The molecule has 0 N–H and O–H groups in total. The zero-order valence-corrected chi connectivity index (χ0v) is 15.2. The molecule has 0 saturated heterocycles. The van der Waals surface area contributed by atoms with E-state index >= 15 is 0 Å². The summed E-state index contributed by atoms with van der Waals surface area (Å²) in [6.07, 6.45) is 15.8. The van der Waals surface area contributed by atoms with Crippen molar-refractivity contribution in [2.75, 3.05) is 27.2 Å². The highest BCUT2D eigenvalue weighted by molar-refractivity contribution is 4.48. The molecule has 0 rings (SSSR count). The van der Waals surface area contributed by atoms with E-state index in [0.717, 1.165) is 5.92 Å². The first-order chi connectivity index (χ1) is 9.48. The van der Waals surface area contributed by atoms with E-state index < -0.39 is 0 Å². The maximum Gasteiger partial charge on any atom is 0.0784 e. The number of hydrogen-bond donors (Lipinski definition) is 0. The molecule has 0 fully saturated rings. The summed E-state index contributed by atoms with van der Waals surface area (Å²) in [7, 11) is 4.80. The second-order valence-electron chi connectivity index (χ2n) is 7.75. The van der Waals surface area contributed by atoms with Gasteiger partial charge in [-0.15, -0.1) is 0 Å². The minimum atomic E-state index is 0.847. The van der Waals surface area contributed by atoms with Gasteiger partial charge in [0, 0.05) is 0 Å². The Hall–Kier alpha value is -0.0400. The molecule has 0 aliphatic carbocycles. The zero-order chi connectivity index (χ0) is 15.3. The standard InChI is InChI=1S/C19H42N/c1-6-7-8-9-10-11-12-13-14-15-17-20(4,5)18-16-19(2)3/h19H,6-18H2,1-5H3/q+1. The highest BCUT2D eigenvalue weighted by Crippen LogP contribution is 2.12. The molecule has 0 heterocycles. The Kier molecular flexibility index (Phi) is 12.7. The van der Waals surface area contributed by atoms with Gasteiger partial charge in [-0.2, -0.15) is 0 Å². The van der Waals surface area contributed by atoms with Crippen LogP contribution in [0.4, 0.5) is 0 Å². The van der Waals surface area contributed by atoms with Crippen LogP contribution in [0.25, 0.3) is 0 Å². The van der Waals surface area contributed by atoms with Crippen molar-refractivity contribution in [2.45, 2.75) is 91.4 Å². The predicted molar refractivity (Wildman–Crippen MR) is 93.1 cm³/mol. The zero-order valence-electron chi connectivity index (χ0n) is 15.2. The minimum absolute atomic E-state index is 0.847. The Balaban J connectivity index is 3.30. The van der Waals surface area contributed by atoms with E-state index in [1.807, 2.05) is 0 Å². The van der Waals surface area contributed by atoms with E-state index in [1.54, 1.807) is 0 Å². The molecule has 20 heavy (non-hydrogen) atoms. The first-order valence-electron chi connectivity index (χ1n) is 9.30. The van der Waals surface area contributed by atoms with Crippen molar-refractivity contribution in [3.8, 4) is 0 Å². The summed E-state index contributed by atoms with van der Waals surface area (Å²) in [5.74, 6) is 0.847. The van der Waals surface area contributed by atoms with Crippen LogP contribution in [0.5, 0.6) is 0 Å². The molecule has 0 aliphatic rings. The van der Waals surface area contributed by atoms with Crippen LogP contribution in [0.1, 0.15) is 91.4 Å². The maximum atomic E-state index is 2.40. The molecule has 0 aromatic heterocycles. The van der Waals surface area contributed by atoms with Crippen LogP contribution in [0, 0.1) is 5.92 Å². The first-order valence-corrected chi connectivity index (χ1v) is 9.30. The van der Waals surface area contributed by atoms with Crippen molar-refractivity contribution in [1.29, 1.82) is 0 Å². The van der Waals surface area contributed by atoms with Crippen LogP contribution in [-0.2, 0) is 0 Å². The first kappa shape index (κ1) is 20.0. The summed E-state index contributed by atoms with van der Waals surface area (Å²) >= 11 is 0. The van der Waals surface area contributed by atoms with E-state index in [0.29, 0.717) is 0 Å². The Morgan fingerprint density at radius 2 is 1.10 bits per heavy atom. The minimum Gasteiger partial charge on any atom is -0.328 e. The Labute approximate surface area is 129 Å². The quantitative estimate of drug-likeness (QED) is 0.270. The average molecular weight is 285 g/mol. The molecule has 0 radical (unpaired) electrons. The van der Waals surface area contributed by atoms with E-state index in [2.05, 4.69) is 34.9 Å². The smallest absolute Gasteiger partial charge is 0.0784 e. The van der Waals surface area contributed by atoms with Crippen molar-refractivity contribution in [2.24, 2.45) is 5.92 Å². The number of rotatable bonds is 14. The topological polar surface area (TPSA) is 0 Å². The molecule has 0 aromatic rings. The molecule has 0 atom stereocenters. The number of hydrogen-bond acceptors (Lipinski definition) is 0. The summed E-state index contributed by atoms with van der Waals surface area (Å²) in [6, 6.07) is 0. The van der Waals surface area contributed by atoms with Crippen molar-refractivity contribution in [1.82, 2.24) is 0 Å². The molecule has 1 nitrogen and oxygen atoms in total. The summed E-state index contributed by atoms with van der Waals surface area (Å²) in [5, 5.41) is 0. The molecule has 1 heteroatoms. The van der Waals surface area contributed by atoms with Crippen LogP contribution in [-0.4, -0.2) is 31.7 Å². The van der Waals surface area contributed by atoms with Gasteiger partial charge in [0.25, 0.3) is 0 Å². The van der Waals surface area contributed by atoms with E-state index in [-0.39, 0.29) is 0 Å². The fourth-order valence-electron chi connectivity index (χ4n) is 2.75. The highest BCUT2D eigenvalue weighted by Gasteiger charge is 2.14. The highest BCUT2D eigenvalue weighted by atomic mass is 15.3. The van der Waals surface area contributed by atoms with Gasteiger partial charge in [-0.3, -0.25) is 0 Å². The molecular weight excluding hydrogens is 242 g/mol. The van der Waals surface area contributed by atoms with Crippen LogP contribution in [0.3, 0.4) is 0 Å². The lowest BCUT2D eigenvalue weighted by Gasteiger charge is -2.30. The fraction of sp³-hybridized carbons (Fsp3) is 1.00. The van der Waals surface area contributed by atoms with Gasteiger partial charge >= 0.3 is 0 Å². The van der Waals surface area contributed by atoms with Crippen molar-refractivity contribution < 1.29 is 4.48 Å². The number of nitrogens with zero attached hydrogens (tertiary/aromatic N) is 1. The van der Waals surface area contributed by atoms with Crippen LogP contribution >= 0.6 is 0 Å². The van der Waals surface area contributed by atoms with Crippen LogP contribution in [0.2, 0.25) is 0 Å². The van der Waals surface area contributed by atoms with Gasteiger partial charge < -0.3 is 4.48 Å². The summed E-state index contributed by atoms with van der Waals surface area (Å²) in [4.78, 5) is 0. The third kappa shape index (κ3) is 14.4. The molecular formula is C19H42N+. The second kappa shape index (κ2) is 12.7. The summed E-state index contributed by atoms with van der Waals surface area (Å²) in [6.45, 7) is 9.67. The molecule has 0 spiro atoms. The fourth-order valence-corrected chi connectivity index (χ4v) is 2.75. The SMILES string of the molecule is CCCCCCCCCCCC[N+](C)(C)CCC(C)C. The normalized spacial score (nSPS) is 12.3. The average Bonchev–Trinajstić information content (AvgIpc) is 2.39. The van der Waals surface area contributed by atoms with Crippen molar-refractivity contribution >= 4 is 0 Å². The molecule has 0 aliphatic heterocycles. The summed E-state index contributed by atoms with van der Waals surface area (Å²) in [5.41, 5.74) is 0. The third-order valence-corrected chi connectivity index (χ3v) is 4.43. The molecule has 0 aromatic carbocycles. The van der Waals surface area contributed by atoms with Gasteiger partial charge in [0.15, 0.2) is 0 Å². The molecule has 0 saturated carbocycles. The Morgan fingerprint density at radius 1 is 0.650 bits per heavy atom. The lowest BCUT2D eigenvalue weighted by Crippen LogP contribution is -2.41. The third-order valence-electron chi connectivity index (χ3n) is 4.43. The van der Waals surface area contributed by atoms with E-state index in [4.69, 9.17) is 0 Å². The van der Waals surface area contributed by atoms with E-state index in [1.165, 1.54) is 88.2 Å². The summed E-state index contributed by atoms with van der Waals surface area (Å²) < 4.78 is 1.22. The molecule has 122 valence electrons. The van der Waals surface area contributed by atoms with Gasteiger partial charge in [0.05, 0.1) is 27.2 Å². The molecule has 0 unspecified atom stereocenters. The van der Waals surface area contributed by atoms with Gasteiger partial charge in [0.1, 0.15) is 0 Å². The monoisotopic (exact) mass is 284 g/mol. The van der Waals surface area contributed by atoms with Crippen LogP contribution in [0.15, 0.2) is 0 Å². The van der Waals surface area contributed by atoms with Gasteiger partial charge in [-0.05, 0) is 25.2 Å². The Morgan fingerprint density at radius 3 is 1.55 bits per heavy atom. The molecule has 0 amide bonds. The van der Waals surface area contributed by atoms with E-state index in [9.17, 15) is 0 Å². The maximum absolute atomic E-state index is 2.40. The number of quaternary nitrogens is 1. The predicted octanol–water partition coefficient (Wildman–Crippen LogP) is 6.03. The largest absolute Gasteiger partial charge is 0.328 e. The van der Waals surface area contributed by atoms with Crippen molar-refractivity contribution in [3.63, 3.8) is 0 Å². The lowest BCUT2D eigenvalue weighted by molar-refractivity contribution is -0.891. The van der Waals surface area contributed by atoms with Gasteiger partial charge in [-0.25, -0.2) is 0 Å². The Bertz CT molecular complexity index is 196. The van der Waals surface area contributed by atoms with Crippen molar-refractivity contribution in [3.05, 3.63) is 0 Å². The van der Waals surface area contributed by atoms with Gasteiger partial charge in [-0.1, -0.05) is 72.1 Å². The number of unbranched alkanes of at least 4 members (excludes halogenated alkanes) is 9. The second-order valence-corrected chi connectivity index (χ2v) is 7.75. The lowest BCUT2D eigenvalue weighted by atomic mass is 10.1.